The van der Waals surface area contributed by atoms with Crippen molar-refractivity contribution in [1.29, 1.82) is 0 Å². The lowest BCUT2D eigenvalue weighted by Crippen LogP contribution is -2.50. The number of amides is 3. The van der Waals surface area contributed by atoms with Crippen LogP contribution in [0.4, 0.5) is 4.79 Å². The summed E-state index contributed by atoms with van der Waals surface area (Å²) >= 11 is 0. The third-order valence-electron chi connectivity index (χ3n) is 3.88. The number of nitrogens with one attached hydrogen (secondary N) is 3. The summed E-state index contributed by atoms with van der Waals surface area (Å²) in [7, 11) is 0. The second kappa shape index (κ2) is 11.3. The predicted octanol–water partition coefficient (Wildman–Crippen LogP) is 0.238. The molecule has 0 unspecified atom stereocenters. The third kappa shape index (κ3) is 8.78. The molecule has 0 aliphatic carbocycles. The van der Waals surface area contributed by atoms with Crippen molar-refractivity contribution < 1.29 is 29.0 Å². The van der Waals surface area contributed by atoms with E-state index in [4.69, 9.17) is 15.6 Å². The van der Waals surface area contributed by atoms with E-state index in [1.807, 2.05) is 18.2 Å². The maximum Gasteiger partial charge on any atom is 0.408 e. The van der Waals surface area contributed by atoms with Crippen LogP contribution in [-0.4, -0.2) is 47.1 Å². The molecule has 0 aromatic heterocycles. The van der Waals surface area contributed by atoms with Crippen molar-refractivity contribution in [2.24, 2.45) is 5.73 Å². The average Bonchev–Trinajstić information content (AvgIpc) is 2.65. The Hall–Kier alpha value is -3.56. The minimum Gasteiger partial charge on any atom is -0.480 e. The Morgan fingerprint density at radius 2 is 1.69 bits per heavy atom. The normalized spacial score (nSPS) is 13.3. The molecule has 10 nitrogen and oxygen atoms in total. The monoisotopic (exact) mass is 406 g/mol. The van der Waals surface area contributed by atoms with Gasteiger partial charge in [-0.15, -0.1) is 0 Å². The number of alkyl carbamates (subject to hydrolysis) is 1. The van der Waals surface area contributed by atoms with Crippen molar-refractivity contribution in [1.82, 2.24) is 16.0 Å². The number of carbonyl (C=O) groups is 4. The maximum absolute atomic E-state index is 12.2. The molecule has 0 fully saturated rings. The topological polar surface area (TPSA) is 160 Å². The molecular weight excluding hydrogens is 380 g/mol. The number of carboxylic acids is 1. The van der Waals surface area contributed by atoms with E-state index in [-0.39, 0.29) is 12.3 Å². The highest BCUT2D eigenvalue weighted by Crippen LogP contribution is 2.03. The predicted molar refractivity (Wildman–Crippen MR) is 104 cm³/mol. The zero-order chi connectivity index (χ0) is 22.0. The molecule has 0 saturated heterocycles. The molecule has 0 heterocycles. The van der Waals surface area contributed by atoms with Gasteiger partial charge in [0.1, 0.15) is 18.7 Å². The molecule has 0 saturated carbocycles. The van der Waals surface area contributed by atoms with Gasteiger partial charge in [-0.2, -0.15) is 0 Å². The molecule has 1 rings (SSSR count). The molecule has 0 aliphatic heterocycles. The molecule has 3 amide bonds. The van der Waals surface area contributed by atoms with Crippen molar-refractivity contribution in [2.75, 3.05) is 0 Å². The third-order valence-corrected chi connectivity index (χ3v) is 3.88. The summed E-state index contributed by atoms with van der Waals surface area (Å²) in [6.45, 7) is 6.76. The molecule has 158 valence electrons. The Morgan fingerprint density at radius 1 is 1.07 bits per heavy atom. The van der Waals surface area contributed by atoms with Crippen LogP contribution >= 0.6 is 0 Å². The zero-order valence-corrected chi connectivity index (χ0v) is 16.3. The Bertz CT molecular complexity index is 752. The molecule has 1 aromatic rings. The summed E-state index contributed by atoms with van der Waals surface area (Å²) in [4.78, 5) is 46.1. The molecular formula is C19H26N4O6. The van der Waals surface area contributed by atoms with Crippen molar-refractivity contribution in [3.63, 3.8) is 0 Å². The standard InChI is InChI=1S/C19H26N4O6/c1-11(21-15(18(26)27)9-16(20)24)12(2)22-17(25)13(3)23-19(28)29-10-14-7-5-4-6-8-14/h4-8,12-13,15,21H,1,9-10H2,2-3H3,(H2,20,24)(H,22,25)(H,23,28)(H,26,27)/t12-,13-,15-/m0/s1. The second-order valence-electron chi connectivity index (χ2n) is 6.39. The number of hydrogen-bond acceptors (Lipinski definition) is 6. The highest BCUT2D eigenvalue weighted by atomic mass is 16.5. The molecule has 29 heavy (non-hydrogen) atoms. The SMILES string of the molecule is C=C(N[C@@H](CC(N)=O)C(=O)O)[C@H](C)NC(=O)[C@H](C)NC(=O)OCc1ccccc1. The van der Waals surface area contributed by atoms with E-state index in [1.165, 1.54) is 6.92 Å². The first kappa shape index (κ1) is 23.5. The fourth-order valence-corrected chi connectivity index (χ4v) is 2.18. The van der Waals surface area contributed by atoms with E-state index in [0.717, 1.165) is 5.56 Å². The number of hydrogen-bond donors (Lipinski definition) is 5. The van der Waals surface area contributed by atoms with Crippen LogP contribution in [0.1, 0.15) is 25.8 Å². The maximum atomic E-state index is 12.2. The van der Waals surface area contributed by atoms with E-state index >= 15 is 0 Å². The molecule has 0 aliphatic rings. The van der Waals surface area contributed by atoms with Crippen LogP contribution in [0, 0.1) is 0 Å². The van der Waals surface area contributed by atoms with Gasteiger partial charge in [0.05, 0.1) is 12.5 Å². The quantitative estimate of drug-likeness (QED) is 0.352. The van der Waals surface area contributed by atoms with Crippen LogP contribution in [0.25, 0.3) is 0 Å². The number of carboxylic acid groups (broad SMARTS) is 1. The van der Waals surface area contributed by atoms with E-state index in [2.05, 4.69) is 22.5 Å². The molecule has 1 aromatic carbocycles. The van der Waals surface area contributed by atoms with Gasteiger partial charge in [0.25, 0.3) is 0 Å². The van der Waals surface area contributed by atoms with Gasteiger partial charge in [0, 0.05) is 5.70 Å². The van der Waals surface area contributed by atoms with E-state index in [9.17, 15) is 19.2 Å². The summed E-state index contributed by atoms with van der Waals surface area (Å²) in [6.07, 6.45) is -1.19. The Balaban J connectivity index is 2.47. The van der Waals surface area contributed by atoms with Gasteiger partial charge in [-0.25, -0.2) is 9.59 Å². The van der Waals surface area contributed by atoms with Crippen LogP contribution in [0.2, 0.25) is 0 Å². The number of primary amides is 1. The molecule has 0 bridgehead atoms. The van der Waals surface area contributed by atoms with E-state index in [0.29, 0.717) is 0 Å². The van der Waals surface area contributed by atoms with Crippen molar-refractivity contribution >= 4 is 23.9 Å². The first-order valence-electron chi connectivity index (χ1n) is 8.84. The number of nitrogens with two attached hydrogens (primary N) is 1. The van der Waals surface area contributed by atoms with Gasteiger partial charge >= 0.3 is 12.1 Å². The van der Waals surface area contributed by atoms with Gasteiger partial charge in [-0.05, 0) is 19.4 Å². The van der Waals surface area contributed by atoms with Gasteiger partial charge in [0.15, 0.2) is 0 Å². The lowest BCUT2D eigenvalue weighted by molar-refractivity contribution is -0.141. The summed E-state index contributed by atoms with van der Waals surface area (Å²) in [5.41, 5.74) is 6.00. The first-order valence-corrected chi connectivity index (χ1v) is 8.84. The first-order chi connectivity index (χ1) is 13.6. The van der Waals surface area contributed by atoms with Crippen LogP contribution < -0.4 is 21.7 Å². The smallest absolute Gasteiger partial charge is 0.408 e. The summed E-state index contributed by atoms with van der Waals surface area (Å²) in [5, 5.41) is 16.6. The van der Waals surface area contributed by atoms with Crippen LogP contribution in [0.3, 0.4) is 0 Å². The van der Waals surface area contributed by atoms with E-state index in [1.54, 1.807) is 19.1 Å². The molecule has 10 heteroatoms. The van der Waals surface area contributed by atoms with Crippen LogP contribution in [0.15, 0.2) is 42.6 Å². The lowest BCUT2D eigenvalue weighted by Gasteiger charge is -2.23. The number of aliphatic carboxylic acids is 1. The van der Waals surface area contributed by atoms with Crippen molar-refractivity contribution in [3.05, 3.63) is 48.2 Å². The van der Waals surface area contributed by atoms with Crippen LogP contribution in [-0.2, 0) is 25.7 Å². The Kier molecular flexibility index (Phi) is 9.17. The second-order valence-corrected chi connectivity index (χ2v) is 6.39. The fraction of sp³-hybridized carbons (Fsp3) is 0.368. The summed E-state index contributed by atoms with van der Waals surface area (Å²) < 4.78 is 5.05. The van der Waals surface area contributed by atoms with Gasteiger partial charge in [-0.3, -0.25) is 9.59 Å². The molecule has 3 atom stereocenters. The average molecular weight is 406 g/mol. The number of rotatable bonds is 11. The summed E-state index contributed by atoms with van der Waals surface area (Å²) in [6, 6.07) is 6.21. The number of ether oxygens (including phenoxy) is 1. The van der Waals surface area contributed by atoms with Gasteiger partial charge in [-0.1, -0.05) is 36.9 Å². The highest BCUT2D eigenvalue weighted by molar-refractivity contribution is 5.86. The fourth-order valence-electron chi connectivity index (χ4n) is 2.18. The number of benzene rings is 1. The number of carbonyl (C=O) groups excluding carboxylic acids is 3. The van der Waals surface area contributed by atoms with Gasteiger partial charge in [0.2, 0.25) is 11.8 Å². The lowest BCUT2D eigenvalue weighted by atomic mass is 10.1. The summed E-state index contributed by atoms with van der Waals surface area (Å²) in [5.74, 6) is -2.60. The minimum atomic E-state index is -1.28. The van der Waals surface area contributed by atoms with Crippen molar-refractivity contribution in [3.8, 4) is 0 Å². The molecule has 6 N–H and O–H groups in total. The van der Waals surface area contributed by atoms with E-state index < -0.39 is 48.4 Å². The molecule has 0 spiro atoms. The van der Waals surface area contributed by atoms with Crippen molar-refractivity contribution in [2.45, 2.75) is 45.0 Å². The zero-order valence-electron chi connectivity index (χ0n) is 16.3. The highest BCUT2D eigenvalue weighted by Gasteiger charge is 2.24. The van der Waals surface area contributed by atoms with Crippen LogP contribution in [0.5, 0.6) is 0 Å². The minimum absolute atomic E-state index is 0.0641. The van der Waals surface area contributed by atoms with Gasteiger partial charge < -0.3 is 31.5 Å². The Morgan fingerprint density at radius 3 is 2.24 bits per heavy atom. The Labute approximate surface area is 168 Å². The largest absolute Gasteiger partial charge is 0.480 e. The molecule has 0 radical (unpaired) electrons.